The molecule has 5 heteroatoms. The van der Waals surface area contributed by atoms with Gasteiger partial charge in [0, 0.05) is 6.08 Å². The van der Waals surface area contributed by atoms with E-state index in [0.717, 1.165) is 24.7 Å². The number of hydrogen-bond donors (Lipinski definition) is 0. The van der Waals surface area contributed by atoms with Gasteiger partial charge in [-0.3, -0.25) is 4.79 Å². The second-order valence-corrected chi connectivity index (χ2v) is 4.97. The Labute approximate surface area is 91.1 Å². The van der Waals surface area contributed by atoms with E-state index in [9.17, 15) is 18.0 Å². The van der Waals surface area contributed by atoms with Gasteiger partial charge in [-0.25, -0.2) is 0 Å². The van der Waals surface area contributed by atoms with Crippen LogP contribution in [0.15, 0.2) is 11.0 Å². The summed E-state index contributed by atoms with van der Waals surface area (Å²) in [6.07, 6.45) is -1.52. The van der Waals surface area contributed by atoms with Gasteiger partial charge in [0.05, 0.1) is 0 Å². The number of ketones is 1. The van der Waals surface area contributed by atoms with Gasteiger partial charge in [-0.15, -0.1) is 11.8 Å². The summed E-state index contributed by atoms with van der Waals surface area (Å²) in [4.78, 5) is 11.3. The van der Waals surface area contributed by atoms with Crippen molar-refractivity contribution in [1.82, 2.24) is 0 Å². The first-order valence-corrected chi connectivity index (χ1v) is 5.82. The monoisotopic (exact) mass is 238 g/mol. The Kier molecular flexibility index (Phi) is 4.25. The van der Waals surface area contributed by atoms with Gasteiger partial charge in [0.2, 0.25) is 0 Å². The summed E-state index contributed by atoms with van der Waals surface area (Å²) in [7, 11) is 0. The van der Waals surface area contributed by atoms with Crippen LogP contribution in [0.5, 0.6) is 0 Å². The molecule has 86 valence electrons. The van der Waals surface area contributed by atoms with E-state index in [4.69, 9.17) is 0 Å². The third-order valence-electron chi connectivity index (χ3n) is 2.35. The SMILES string of the molecule is CC1CCS/C(=C\C(=O)C(F)(F)F)CC1. The molecule has 1 aliphatic heterocycles. The van der Waals surface area contributed by atoms with E-state index >= 15 is 0 Å². The van der Waals surface area contributed by atoms with E-state index in [-0.39, 0.29) is 0 Å². The largest absolute Gasteiger partial charge is 0.454 e. The first kappa shape index (κ1) is 12.6. The van der Waals surface area contributed by atoms with E-state index in [1.165, 1.54) is 11.8 Å². The molecule has 0 aromatic carbocycles. The zero-order valence-electron chi connectivity index (χ0n) is 8.43. The Morgan fingerprint density at radius 1 is 1.47 bits per heavy atom. The normalized spacial score (nSPS) is 26.4. The predicted octanol–water partition coefficient (Wildman–Crippen LogP) is 3.55. The molecule has 0 spiro atoms. The van der Waals surface area contributed by atoms with Gasteiger partial charge in [0.25, 0.3) is 5.78 Å². The molecule has 1 atom stereocenters. The van der Waals surface area contributed by atoms with Crippen molar-refractivity contribution in [3.63, 3.8) is 0 Å². The summed E-state index contributed by atoms with van der Waals surface area (Å²) >= 11 is 1.37. The molecule has 1 nitrogen and oxygen atoms in total. The van der Waals surface area contributed by atoms with Crippen molar-refractivity contribution in [2.24, 2.45) is 5.92 Å². The lowest BCUT2D eigenvalue weighted by molar-refractivity contribution is -0.165. The van der Waals surface area contributed by atoms with Crippen LogP contribution in [0.4, 0.5) is 13.2 Å². The highest BCUT2D eigenvalue weighted by atomic mass is 32.2. The number of carbonyl (C=O) groups excluding carboxylic acids is 1. The summed E-state index contributed by atoms with van der Waals surface area (Å²) in [6.45, 7) is 2.08. The van der Waals surface area contributed by atoms with Crippen LogP contribution in [0.2, 0.25) is 0 Å². The first-order chi connectivity index (χ1) is 6.89. The smallest absolute Gasteiger partial charge is 0.285 e. The van der Waals surface area contributed by atoms with Crippen LogP contribution < -0.4 is 0 Å². The maximum Gasteiger partial charge on any atom is 0.454 e. The van der Waals surface area contributed by atoms with Crippen LogP contribution in [0.25, 0.3) is 0 Å². The molecule has 0 bridgehead atoms. The fraction of sp³-hybridized carbons (Fsp3) is 0.700. The van der Waals surface area contributed by atoms with E-state index in [0.29, 0.717) is 17.2 Å². The minimum atomic E-state index is -4.73. The van der Waals surface area contributed by atoms with Crippen molar-refractivity contribution in [2.75, 3.05) is 5.75 Å². The van der Waals surface area contributed by atoms with Crippen LogP contribution in [-0.2, 0) is 4.79 Å². The summed E-state index contributed by atoms with van der Waals surface area (Å²) in [6, 6.07) is 0. The number of rotatable bonds is 1. The maximum atomic E-state index is 12.0. The summed E-state index contributed by atoms with van der Waals surface area (Å²) < 4.78 is 35.9. The van der Waals surface area contributed by atoms with Gasteiger partial charge in [0.15, 0.2) is 0 Å². The fourth-order valence-electron chi connectivity index (χ4n) is 1.34. The average molecular weight is 238 g/mol. The van der Waals surface area contributed by atoms with Crippen LogP contribution in [0.1, 0.15) is 26.2 Å². The van der Waals surface area contributed by atoms with Crippen molar-refractivity contribution in [3.05, 3.63) is 11.0 Å². The molecule has 0 aromatic heterocycles. The molecule has 1 unspecified atom stereocenters. The molecule has 1 fully saturated rings. The Balaban J connectivity index is 2.63. The zero-order chi connectivity index (χ0) is 11.5. The van der Waals surface area contributed by atoms with E-state index in [1.54, 1.807) is 0 Å². The summed E-state index contributed by atoms with van der Waals surface area (Å²) in [5.74, 6) is -0.401. The molecule has 1 rings (SSSR count). The standard InChI is InChI=1S/C10H13F3OS/c1-7-2-3-8(15-5-4-7)6-9(14)10(11,12)13/h6-7H,2-5H2,1H3/b8-6-. The average Bonchev–Trinajstić information content (AvgIpc) is 2.29. The molecule has 0 aliphatic carbocycles. The Bertz CT molecular complexity index is 270. The third kappa shape index (κ3) is 4.28. The molecular formula is C10H13F3OS. The Morgan fingerprint density at radius 2 is 2.13 bits per heavy atom. The van der Waals surface area contributed by atoms with Crippen LogP contribution in [0.3, 0.4) is 0 Å². The van der Waals surface area contributed by atoms with Crippen LogP contribution in [-0.4, -0.2) is 17.7 Å². The predicted molar refractivity (Wildman–Crippen MR) is 54.6 cm³/mol. The molecule has 0 amide bonds. The number of thioether (sulfide) groups is 1. The molecule has 1 aliphatic rings. The van der Waals surface area contributed by atoms with Crippen molar-refractivity contribution in [3.8, 4) is 0 Å². The topological polar surface area (TPSA) is 17.1 Å². The molecular weight excluding hydrogens is 225 g/mol. The number of allylic oxidation sites excluding steroid dienone is 2. The number of carbonyl (C=O) groups is 1. The van der Waals surface area contributed by atoms with Crippen molar-refractivity contribution in [2.45, 2.75) is 32.4 Å². The highest BCUT2D eigenvalue weighted by Crippen LogP contribution is 2.31. The van der Waals surface area contributed by atoms with Gasteiger partial charge in [-0.2, -0.15) is 13.2 Å². The van der Waals surface area contributed by atoms with E-state index in [2.05, 4.69) is 6.92 Å². The lowest BCUT2D eigenvalue weighted by atomic mass is 10.0. The van der Waals surface area contributed by atoms with Gasteiger partial charge < -0.3 is 0 Å². The zero-order valence-corrected chi connectivity index (χ0v) is 9.25. The minimum Gasteiger partial charge on any atom is -0.285 e. The molecule has 0 saturated carbocycles. The van der Waals surface area contributed by atoms with Gasteiger partial charge in [-0.05, 0) is 35.8 Å². The van der Waals surface area contributed by atoms with Gasteiger partial charge in [0.1, 0.15) is 0 Å². The highest BCUT2D eigenvalue weighted by molar-refractivity contribution is 8.03. The summed E-state index contributed by atoms with van der Waals surface area (Å²) in [5.41, 5.74) is 0. The fourth-order valence-corrected chi connectivity index (χ4v) is 2.57. The first-order valence-electron chi connectivity index (χ1n) is 4.84. The molecule has 0 N–H and O–H groups in total. The molecule has 15 heavy (non-hydrogen) atoms. The number of alkyl halides is 3. The van der Waals surface area contributed by atoms with Crippen LogP contribution >= 0.6 is 11.8 Å². The second kappa shape index (κ2) is 5.05. The molecule has 0 radical (unpaired) electrons. The van der Waals surface area contributed by atoms with E-state index < -0.39 is 12.0 Å². The lowest BCUT2D eigenvalue weighted by Gasteiger charge is -2.04. The van der Waals surface area contributed by atoms with Gasteiger partial charge >= 0.3 is 6.18 Å². The number of halogens is 3. The van der Waals surface area contributed by atoms with E-state index in [1.807, 2.05) is 0 Å². The third-order valence-corrected chi connectivity index (χ3v) is 3.49. The summed E-state index contributed by atoms with van der Waals surface area (Å²) in [5, 5.41) is 0. The Hall–Kier alpha value is -0.450. The number of hydrogen-bond acceptors (Lipinski definition) is 2. The molecule has 1 saturated heterocycles. The molecule has 1 heterocycles. The lowest BCUT2D eigenvalue weighted by Crippen LogP contribution is -2.20. The van der Waals surface area contributed by atoms with Crippen LogP contribution in [0, 0.1) is 5.92 Å². The molecule has 0 aromatic rings. The highest BCUT2D eigenvalue weighted by Gasteiger charge is 2.36. The Morgan fingerprint density at radius 3 is 2.73 bits per heavy atom. The van der Waals surface area contributed by atoms with Gasteiger partial charge in [-0.1, -0.05) is 6.92 Å². The second-order valence-electron chi connectivity index (χ2n) is 3.75. The van der Waals surface area contributed by atoms with Crippen molar-refractivity contribution < 1.29 is 18.0 Å². The van der Waals surface area contributed by atoms with Crippen molar-refractivity contribution >= 4 is 17.5 Å². The minimum absolute atomic E-state index is 0.532. The van der Waals surface area contributed by atoms with Crippen molar-refractivity contribution in [1.29, 1.82) is 0 Å². The maximum absolute atomic E-state index is 12.0. The quantitative estimate of drug-likeness (QED) is 0.650.